The van der Waals surface area contributed by atoms with E-state index in [4.69, 9.17) is 4.74 Å². The van der Waals surface area contributed by atoms with Crippen molar-refractivity contribution in [2.75, 3.05) is 46.9 Å². The number of carbonyl (C=O) groups excluding carboxylic acids is 1. The maximum Gasteiger partial charge on any atom is 0.243 e. The highest BCUT2D eigenvalue weighted by atomic mass is 79.9. The van der Waals surface area contributed by atoms with Crippen LogP contribution in [-0.4, -0.2) is 75.3 Å². The van der Waals surface area contributed by atoms with Crippen LogP contribution in [0.5, 0.6) is 5.75 Å². The molecule has 1 saturated heterocycles. The van der Waals surface area contributed by atoms with Gasteiger partial charge in [0.1, 0.15) is 5.75 Å². The van der Waals surface area contributed by atoms with Crippen molar-refractivity contribution in [3.05, 3.63) is 58.6 Å². The van der Waals surface area contributed by atoms with Gasteiger partial charge in [-0.3, -0.25) is 9.69 Å². The molecule has 2 aromatic rings. The molecule has 0 aliphatic carbocycles. The van der Waals surface area contributed by atoms with E-state index in [0.29, 0.717) is 13.1 Å². The second-order valence-electron chi connectivity index (χ2n) is 7.22. The number of likely N-dealkylation sites (N-methyl/N-ethyl adjacent to an activating group) is 1. The van der Waals surface area contributed by atoms with Gasteiger partial charge >= 0.3 is 0 Å². The predicted octanol–water partition coefficient (Wildman–Crippen LogP) is 2.42. The third kappa shape index (κ3) is 5.60. The van der Waals surface area contributed by atoms with Gasteiger partial charge in [-0.25, -0.2) is 8.42 Å². The molecule has 0 saturated carbocycles. The largest absolute Gasteiger partial charge is 0.497 e. The zero-order valence-corrected chi connectivity index (χ0v) is 19.5. The van der Waals surface area contributed by atoms with Gasteiger partial charge in [-0.1, -0.05) is 28.1 Å². The Hall–Kier alpha value is -1.94. The third-order valence-electron chi connectivity index (χ3n) is 5.17. The number of methoxy groups -OCH3 is 1. The standard InChI is InChI=1S/C21H26BrN3O4S/c1-23(30(27,28)20-9-5-18(22)6-10-20)16-21(26)25-13-11-24(12-14-25)15-17-3-7-19(29-2)8-4-17/h3-10H,11-16H2,1-2H3. The maximum atomic E-state index is 12.7. The van der Waals surface area contributed by atoms with Gasteiger partial charge in [0.05, 0.1) is 18.6 Å². The molecule has 0 aromatic heterocycles. The van der Waals surface area contributed by atoms with Crippen molar-refractivity contribution in [2.45, 2.75) is 11.4 Å². The molecule has 9 heteroatoms. The molecule has 7 nitrogen and oxygen atoms in total. The SMILES string of the molecule is COc1ccc(CN2CCN(C(=O)CN(C)S(=O)(=O)c3ccc(Br)cc3)CC2)cc1. The Balaban J connectivity index is 1.51. The lowest BCUT2D eigenvalue weighted by molar-refractivity contribution is -0.133. The highest BCUT2D eigenvalue weighted by Gasteiger charge is 2.27. The summed E-state index contributed by atoms with van der Waals surface area (Å²) in [4.78, 5) is 16.8. The third-order valence-corrected chi connectivity index (χ3v) is 7.52. The summed E-state index contributed by atoms with van der Waals surface area (Å²) in [5.41, 5.74) is 1.19. The van der Waals surface area contributed by atoms with Crippen LogP contribution < -0.4 is 4.74 Å². The van der Waals surface area contributed by atoms with Crippen LogP contribution in [0.25, 0.3) is 0 Å². The summed E-state index contributed by atoms with van der Waals surface area (Å²) in [6, 6.07) is 14.4. The van der Waals surface area contributed by atoms with Gasteiger partial charge < -0.3 is 9.64 Å². The number of rotatable bonds is 7. The van der Waals surface area contributed by atoms with Crippen molar-refractivity contribution >= 4 is 31.9 Å². The average Bonchev–Trinajstić information content (AvgIpc) is 2.75. The van der Waals surface area contributed by atoms with E-state index >= 15 is 0 Å². The molecular weight excluding hydrogens is 470 g/mol. The first kappa shape index (κ1) is 22.7. The van der Waals surface area contributed by atoms with Crippen molar-refractivity contribution in [1.29, 1.82) is 0 Å². The zero-order valence-electron chi connectivity index (χ0n) is 17.1. The van der Waals surface area contributed by atoms with Crippen LogP contribution in [0.2, 0.25) is 0 Å². The highest BCUT2D eigenvalue weighted by Crippen LogP contribution is 2.18. The normalized spacial score (nSPS) is 15.4. The van der Waals surface area contributed by atoms with Crippen LogP contribution in [0.3, 0.4) is 0 Å². The van der Waals surface area contributed by atoms with E-state index in [9.17, 15) is 13.2 Å². The Labute approximate surface area is 186 Å². The summed E-state index contributed by atoms with van der Waals surface area (Å²) in [6.07, 6.45) is 0. The molecule has 0 unspecified atom stereocenters. The predicted molar refractivity (Wildman–Crippen MR) is 119 cm³/mol. The molecule has 1 aliphatic rings. The van der Waals surface area contributed by atoms with Crippen molar-refractivity contribution in [3.63, 3.8) is 0 Å². The first-order valence-corrected chi connectivity index (χ1v) is 11.9. The molecule has 0 atom stereocenters. The Morgan fingerprint density at radius 1 is 1.03 bits per heavy atom. The van der Waals surface area contributed by atoms with Gasteiger partial charge in [-0.15, -0.1) is 0 Å². The highest BCUT2D eigenvalue weighted by molar-refractivity contribution is 9.10. The minimum absolute atomic E-state index is 0.170. The average molecular weight is 496 g/mol. The van der Waals surface area contributed by atoms with E-state index in [-0.39, 0.29) is 17.3 Å². The molecular formula is C21H26BrN3O4S. The number of hydrogen-bond donors (Lipinski definition) is 0. The van der Waals surface area contributed by atoms with E-state index < -0.39 is 10.0 Å². The van der Waals surface area contributed by atoms with E-state index in [0.717, 1.165) is 34.2 Å². The summed E-state index contributed by atoms with van der Waals surface area (Å²) in [6.45, 7) is 3.31. The number of nitrogens with zero attached hydrogens (tertiary/aromatic N) is 3. The molecule has 30 heavy (non-hydrogen) atoms. The van der Waals surface area contributed by atoms with Crippen LogP contribution in [0.4, 0.5) is 0 Å². The van der Waals surface area contributed by atoms with E-state index in [2.05, 4.69) is 20.8 Å². The van der Waals surface area contributed by atoms with Crippen LogP contribution in [0, 0.1) is 0 Å². The second-order valence-corrected chi connectivity index (χ2v) is 10.2. The van der Waals surface area contributed by atoms with E-state index in [1.54, 1.807) is 24.1 Å². The number of hydrogen-bond acceptors (Lipinski definition) is 5. The lowest BCUT2D eigenvalue weighted by atomic mass is 10.2. The number of ether oxygens (including phenoxy) is 1. The quantitative estimate of drug-likeness (QED) is 0.589. The Bertz CT molecular complexity index is 957. The van der Waals surface area contributed by atoms with Crippen LogP contribution in [0.15, 0.2) is 57.9 Å². The van der Waals surface area contributed by atoms with Gasteiger partial charge in [0.25, 0.3) is 0 Å². The molecule has 162 valence electrons. The lowest BCUT2D eigenvalue weighted by Crippen LogP contribution is -2.51. The first-order valence-electron chi connectivity index (χ1n) is 9.64. The van der Waals surface area contributed by atoms with Crippen LogP contribution in [0.1, 0.15) is 5.56 Å². The summed E-state index contributed by atoms with van der Waals surface area (Å²) < 4.78 is 32.5. The molecule has 2 aromatic carbocycles. The minimum atomic E-state index is -3.70. The Morgan fingerprint density at radius 3 is 2.20 bits per heavy atom. The summed E-state index contributed by atoms with van der Waals surface area (Å²) >= 11 is 3.29. The molecule has 0 bridgehead atoms. The molecule has 0 N–H and O–H groups in total. The fourth-order valence-electron chi connectivity index (χ4n) is 3.31. The van der Waals surface area contributed by atoms with Gasteiger partial charge in [0.2, 0.25) is 15.9 Å². The van der Waals surface area contributed by atoms with E-state index in [1.165, 1.54) is 24.7 Å². The Kier molecular flexibility index (Phi) is 7.51. The number of amides is 1. The maximum absolute atomic E-state index is 12.7. The van der Waals surface area contributed by atoms with Crippen molar-refractivity contribution in [2.24, 2.45) is 0 Å². The van der Waals surface area contributed by atoms with Gasteiger partial charge in [-0.2, -0.15) is 4.31 Å². The summed E-state index contributed by atoms with van der Waals surface area (Å²) in [5, 5.41) is 0. The first-order chi connectivity index (χ1) is 14.3. The van der Waals surface area contributed by atoms with Gasteiger partial charge in [0.15, 0.2) is 0 Å². The summed E-state index contributed by atoms with van der Waals surface area (Å²) in [7, 11) is -0.617. The van der Waals surface area contributed by atoms with Crippen LogP contribution >= 0.6 is 15.9 Å². The number of piperazine rings is 1. The Morgan fingerprint density at radius 2 is 1.63 bits per heavy atom. The van der Waals surface area contributed by atoms with Crippen LogP contribution in [-0.2, 0) is 21.4 Å². The van der Waals surface area contributed by atoms with E-state index in [1.807, 2.05) is 24.3 Å². The van der Waals surface area contributed by atoms with Crippen molar-refractivity contribution in [3.8, 4) is 5.75 Å². The molecule has 0 spiro atoms. The number of sulfonamides is 1. The molecule has 3 rings (SSSR count). The summed E-state index contributed by atoms with van der Waals surface area (Å²) in [5.74, 6) is 0.652. The van der Waals surface area contributed by atoms with Crippen molar-refractivity contribution < 1.29 is 17.9 Å². The number of benzene rings is 2. The fourth-order valence-corrected chi connectivity index (χ4v) is 4.69. The topological polar surface area (TPSA) is 70.2 Å². The smallest absolute Gasteiger partial charge is 0.243 e. The van der Waals surface area contributed by atoms with Crippen molar-refractivity contribution in [1.82, 2.24) is 14.1 Å². The fraction of sp³-hybridized carbons (Fsp3) is 0.381. The molecule has 0 radical (unpaired) electrons. The zero-order chi connectivity index (χ0) is 21.7. The lowest BCUT2D eigenvalue weighted by Gasteiger charge is -2.35. The molecule has 1 fully saturated rings. The monoisotopic (exact) mass is 495 g/mol. The van der Waals surface area contributed by atoms with Gasteiger partial charge in [-0.05, 0) is 42.0 Å². The van der Waals surface area contributed by atoms with Gasteiger partial charge in [0, 0.05) is 44.2 Å². The second kappa shape index (κ2) is 9.91. The molecule has 1 heterocycles. The molecule has 1 aliphatic heterocycles. The number of carbonyl (C=O) groups is 1. The number of halogens is 1. The minimum Gasteiger partial charge on any atom is -0.497 e. The molecule has 1 amide bonds.